The Bertz CT molecular complexity index is 952. The predicted molar refractivity (Wildman–Crippen MR) is 108 cm³/mol. The first kappa shape index (κ1) is 19.1. The molecule has 2 aliphatic rings. The van der Waals surface area contributed by atoms with Gasteiger partial charge >= 0.3 is 12.1 Å². The summed E-state index contributed by atoms with van der Waals surface area (Å²) in [6.07, 6.45) is 1.54. The van der Waals surface area contributed by atoms with Crippen LogP contribution in [0.4, 0.5) is 10.5 Å². The van der Waals surface area contributed by atoms with Crippen LogP contribution in [0.2, 0.25) is 0 Å². The molecule has 29 heavy (non-hydrogen) atoms. The van der Waals surface area contributed by atoms with E-state index in [1.807, 2.05) is 12.1 Å². The van der Waals surface area contributed by atoms with Gasteiger partial charge < -0.3 is 14.2 Å². The average Bonchev–Trinajstić information content (AvgIpc) is 3.18. The summed E-state index contributed by atoms with van der Waals surface area (Å²) in [5.74, 6) is 0.906. The first-order valence-electron chi connectivity index (χ1n) is 9.55. The van der Waals surface area contributed by atoms with Crippen molar-refractivity contribution in [2.75, 3.05) is 19.0 Å². The van der Waals surface area contributed by atoms with E-state index in [-0.39, 0.29) is 11.9 Å². The van der Waals surface area contributed by atoms with Crippen LogP contribution in [0.1, 0.15) is 18.4 Å². The minimum atomic E-state index is -0.604. The van der Waals surface area contributed by atoms with Crippen LogP contribution in [-0.4, -0.2) is 25.8 Å². The largest absolute Gasteiger partial charge is 0.493 e. The number of cyclic esters (lactones) is 1. The molecule has 1 saturated heterocycles. The van der Waals surface area contributed by atoms with E-state index in [4.69, 9.17) is 14.2 Å². The van der Waals surface area contributed by atoms with Crippen LogP contribution in [0, 0.1) is 11.3 Å². The monoisotopic (exact) mass is 393 g/mol. The van der Waals surface area contributed by atoms with Crippen LogP contribution < -0.4 is 14.8 Å². The number of allylic oxidation sites excluding steroid dienone is 1. The molecule has 150 valence electrons. The molecule has 1 aliphatic carbocycles. The molecule has 2 unspecified atom stereocenters. The predicted octanol–water partition coefficient (Wildman–Crippen LogP) is 4.36. The minimum absolute atomic E-state index is 0.122. The third kappa shape index (κ3) is 3.70. The van der Waals surface area contributed by atoms with Crippen molar-refractivity contribution in [3.05, 3.63) is 66.2 Å². The minimum Gasteiger partial charge on any atom is -0.493 e. The number of fused-ring (bicyclic) bond motifs is 1. The quantitative estimate of drug-likeness (QED) is 0.604. The van der Waals surface area contributed by atoms with E-state index < -0.39 is 11.5 Å². The van der Waals surface area contributed by atoms with E-state index in [0.29, 0.717) is 36.6 Å². The van der Waals surface area contributed by atoms with Crippen LogP contribution in [0.25, 0.3) is 0 Å². The molecule has 6 nitrogen and oxygen atoms in total. The molecule has 2 aromatic rings. The Morgan fingerprint density at radius 1 is 1.21 bits per heavy atom. The number of hydrogen-bond donors (Lipinski definition) is 1. The second-order valence-electron chi connectivity index (χ2n) is 7.62. The highest BCUT2D eigenvalue weighted by Crippen LogP contribution is 2.52. The Kier molecular flexibility index (Phi) is 5.01. The molecular formula is C23H23NO5. The summed E-state index contributed by atoms with van der Waals surface area (Å²) >= 11 is 0. The van der Waals surface area contributed by atoms with Crippen LogP contribution >= 0.6 is 0 Å². The van der Waals surface area contributed by atoms with Crippen LogP contribution in [0.3, 0.4) is 0 Å². The summed E-state index contributed by atoms with van der Waals surface area (Å²) in [6.45, 7) is 4.55. The summed E-state index contributed by atoms with van der Waals surface area (Å²) < 4.78 is 15.8. The number of methoxy groups -OCH3 is 1. The number of carbonyl (C=O) groups is 2. The normalized spacial score (nSPS) is 22.7. The van der Waals surface area contributed by atoms with Gasteiger partial charge in [-0.2, -0.15) is 0 Å². The Labute approximate surface area is 169 Å². The highest BCUT2D eigenvalue weighted by atomic mass is 16.6. The fourth-order valence-electron chi connectivity index (χ4n) is 4.28. The van der Waals surface area contributed by atoms with Gasteiger partial charge in [-0.25, -0.2) is 4.79 Å². The molecule has 1 aliphatic heterocycles. The van der Waals surface area contributed by atoms with E-state index in [9.17, 15) is 9.59 Å². The summed E-state index contributed by atoms with van der Waals surface area (Å²) in [5.41, 5.74) is 2.25. The summed E-state index contributed by atoms with van der Waals surface area (Å²) in [6, 6.07) is 14.4. The van der Waals surface area contributed by atoms with Crippen molar-refractivity contribution in [2.24, 2.45) is 11.3 Å². The molecule has 1 heterocycles. The van der Waals surface area contributed by atoms with Crippen molar-refractivity contribution in [2.45, 2.75) is 19.3 Å². The molecular weight excluding hydrogens is 370 g/mol. The number of anilines is 1. The standard InChI is InChI=1S/C23H23NO5/c1-15-11-17-14-28-21(25)23(17,12-15)13-16-7-9-18(10-8-16)24-22(26)29-20-6-4-3-5-19(20)27-2/h3-10,17H,1,11-14H2,2H3,(H,24,26). The van der Waals surface area contributed by atoms with Gasteiger partial charge in [-0.3, -0.25) is 10.1 Å². The maximum atomic E-state index is 12.4. The van der Waals surface area contributed by atoms with E-state index in [1.165, 1.54) is 7.11 Å². The van der Waals surface area contributed by atoms with Gasteiger partial charge in [-0.15, -0.1) is 0 Å². The van der Waals surface area contributed by atoms with E-state index in [2.05, 4.69) is 11.9 Å². The van der Waals surface area contributed by atoms with E-state index in [0.717, 1.165) is 17.6 Å². The Hall–Kier alpha value is -3.28. The van der Waals surface area contributed by atoms with Crippen molar-refractivity contribution in [1.82, 2.24) is 0 Å². The van der Waals surface area contributed by atoms with Gasteiger partial charge in [0.2, 0.25) is 0 Å². The summed E-state index contributed by atoms with van der Waals surface area (Å²) in [4.78, 5) is 24.6. The smallest absolute Gasteiger partial charge is 0.417 e. The summed E-state index contributed by atoms with van der Waals surface area (Å²) in [7, 11) is 1.52. The second kappa shape index (κ2) is 7.62. The Balaban J connectivity index is 1.41. The van der Waals surface area contributed by atoms with Crippen molar-refractivity contribution < 1.29 is 23.8 Å². The van der Waals surface area contributed by atoms with Gasteiger partial charge in [-0.05, 0) is 49.1 Å². The summed E-state index contributed by atoms with van der Waals surface area (Å²) in [5, 5.41) is 2.70. The first-order chi connectivity index (χ1) is 14.0. The van der Waals surface area contributed by atoms with Crippen molar-refractivity contribution in [1.29, 1.82) is 0 Å². The number of amides is 1. The number of rotatable bonds is 5. The molecule has 1 amide bonds. The molecule has 2 atom stereocenters. The fraction of sp³-hybridized carbons (Fsp3) is 0.304. The molecule has 2 aromatic carbocycles. The molecule has 0 aromatic heterocycles. The van der Waals surface area contributed by atoms with Gasteiger partial charge in [0.15, 0.2) is 11.5 Å². The van der Waals surface area contributed by atoms with Crippen molar-refractivity contribution in [3.63, 3.8) is 0 Å². The molecule has 0 bridgehead atoms. The molecule has 1 N–H and O–H groups in total. The maximum absolute atomic E-state index is 12.4. The molecule has 0 radical (unpaired) electrons. The highest BCUT2D eigenvalue weighted by Gasteiger charge is 2.55. The number of hydrogen-bond acceptors (Lipinski definition) is 5. The molecule has 4 rings (SSSR count). The molecule has 6 heteroatoms. The number of para-hydroxylation sites is 2. The second-order valence-corrected chi connectivity index (χ2v) is 7.62. The molecule has 0 spiro atoms. The maximum Gasteiger partial charge on any atom is 0.417 e. The lowest BCUT2D eigenvalue weighted by Crippen LogP contribution is -2.31. The zero-order valence-electron chi connectivity index (χ0n) is 16.3. The van der Waals surface area contributed by atoms with Crippen LogP contribution in [0.5, 0.6) is 11.5 Å². The van der Waals surface area contributed by atoms with Gasteiger partial charge in [0.25, 0.3) is 0 Å². The van der Waals surface area contributed by atoms with Crippen molar-refractivity contribution in [3.8, 4) is 11.5 Å². The van der Waals surface area contributed by atoms with Gasteiger partial charge in [0.1, 0.15) is 0 Å². The molecule has 2 fully saturated rings. The van der Waals surface area contributed by atoms with Gasteiger partial charge in [0, 0.05) is 11.6 Å². The lowest BCUT2D eigenvalue weighted by Gasteiger charge is -2.24. The zero-order chi connectivity index (χ0) is 20.4. The Morgan fingerprint density at radius 3 is 2.66 bits per heavy atom. The van der Waals surface area contributed by atoms with Crippen molar-refractivity contribution >= 4 is 17.7 Å². The van der Waals surface area contributed by atoms with Crippen LogP contribution in [-0.2, 0) is 16.0 Å². The third-order valence-corrected chi connectivity index (χ3v) is 5.70. The zero-order valence-corrected chi connectivity index (χ0v) is 16.3. The van der Waals surface area contributed by atoms with Gasteiger partial charge in [0.05, 0.1) is 19.1 Å². The van der Waals surface area contributed by atoms with Gasteiger partial charge in [-0.1, -0.05) is 36.4 Å². The topological polar surface area (TPSA) is 73.9 Å². The third-order valence-electron chi connectivity index (χ3n) is 5.70. The highest BCUT2D eigenvalue weighted by molar-refractivity contribution is 5.86. The number of benzene rings is 2. The van der Waals surface area contributed by atoms with E-state index in [1.54, 1.807) is 36.4 Å². The lowest BCUT2D eigenvalue weighted by atomic mass is 9.75. The number of nitrogens with one attached hydrogen (secondary N) is 1. The lowest BCUT2D eigenvalue weighted by molar-refractivity contribution is -0.146. The average molecular weight is 393 g/mol. The Morgan fingerprint density at radius 2 is 1.93 bits per heavy atom. The number of carbonyl (C=O) groups excluding carboxylic acids is 2. The number of ether oxygens (including phenoxy) is 3. The fourth-order valence-corrected chi connectivity index (χ4v) is 4.28. The molecule has 1 saturated carbocycles. The SMILES string of the molecule is C=C1CC2COC(=O)C2(Cc2ccc(NC(=O)Oc3ccccc3OC)cc2)C1. The van der Waals surface area contributed by atoms with E-state index >= 15 is 0 Å². The van der Waals surface area contributed by atoms with Crippen LogP contribution in [0.15, 0.2) is 60.7 Å². The first-order valence-corrected chi connectivity index (χ1v) is 9.55. The number of esters is 1.